The molecular weight excluding hydrogens is 430 g/mol. The molecule has 1 heterocycles. The van der Waals surface area contributed by atoms with Crippen molar-refractivity contribution in [1.82, 2.24) is 9.97 Å². The van der Waals surface area contributed by atoms with Gasteiger partial charge >= 0.3 is 6.36 Å². The van der Waals surface area contributed by atoms with E-state index < -0.39 is 24.0 Å². The second-order valence-electron chi connectivity index (χ2n) is 6.38. The summed E-state index contributed by atoms with van der Waals surface area (Å²) >= 11 is 0. The van der Waals surface area contributed by atoms with Crippen LogP contribution in [0.25, 0.3) is 0 Å². The average molecular weight is 445 g/mol. The standard InChI is InChI=1S/C21H15F4N5O2/c1-12(10-26)18(31)13-4-2-5-14(8-13)28-19-17(22)11-27-20(30-19)29-15-6-3-7-16(9-15)32-21(23,24)25/h2-9,11,18,31H,1H2,(H2,27,28,29,30). The maximum absolute atomic E-state index is 14.2. The lowest BCUT2D eigenvalue weighted by Gasteiger charge is -2.13. The molecule has 0 amide bonds. The number of aromatic nitrogens is 2. The number of nitrogens with zero attached hydrogens (tertiary/aromatic N) is 3. The highest BCUT2D eigenvalue weighted by Gasteiger charge is 2.31. The predicted molar refractivity (Wildman–Crippen MR) is 108 cm³/mol. The van der Waals surface area contributed by atoms with E-state index in [2.05, 4.69) is 31.9 Å². The zero-order valence-electron chi connectivity index (χ0n) is 16.2. The summed E-state index contributed by atoms with van der Waals surface area (Å²) in [6.45, 7) is 3.46. The molecule has 0 aliphatic heterocycles. The van der Waals surface area contributed by atoms with E-state index in [1.165, 1.54) is 18.2 Å². The van der Waals surface area contributed by atoms with Gasteiger partial charge in [-0.05, 0) is 29.8 Å². The van der Waals surface area contributed by atoms with E-state index in [-0.39, 0.29) is 23.0 Å². The van der Waals surface area contributed by atoms with Crippen molar-refractivity contribution in [3.8, 4) is 11.8 Å². The Morgan fingerprint density at radius 1 is 1.12 bits per heavy atom. The van der Waals surface area contributed by atoms with Gasteiger partial charge in [-0.15, -0.1) is 13.2 Å². The topological polar surface area (TPSA) is 103 Å². The summed E-state index contributed by atoms with van der Waals surface area (Å²) in [6.07, 6.45) is -5.19. The van der Waals surface area contributed by atoms with E-state index in [1.807, 2.05) is 0 Å². The first-order chi connectivity index (χ1) is 15.1. The monoisotopic (exact) mass is 445 g/mol. The van der Waals surface area contributed by atoms with Crippen molar-refractivity contribution < 1.29 is 27.4 Å². The van der Waals surface area contributed by atoms with Gasteiger partial charge < -0.3 is 20.5 Å². The maximum atomic E-state index is 14.2. The summed E-state index contributed by atoms with van der Waals surface area (Å²) < 4.78 is 55.3. The third-order valence-corrected chi connectivity index (χ3v) is 4.01. The molecule has 0 radical (unpaired) electrons. The Hall–Kier alpha value is -4.17. The maximum Gasteiger partial charge on any atom is 0.573 e. The normalized spacial score (nSPS) is 11.9. The third kappa shape index (κ3) is 5.93. The zero-order chi connectivity index (χ0) is 23.3. The number of alkyl halides is 3. The lowest BCUT2D eigenvalue weighted by atomic mass is 10.0. The molecule has 7 nitrogen and oxygen atoms in total. The fourth-order valence-electron chi connectivity index (χ4n) is 2.60. The van der Waals surface area contributed by atoms with Gasteiger partial charge in [-0.3, -0.25) is 0 Å². The summed E-state index contributed by atoms with van der Waals surface area (Å²) in [5.74, 6) is -1.56. The molecule has 1 atom stereocenters. The number of halogens is 4. The van der Waals surface area contributed by atoms with Crippen LogP contribution >= 0.6 is 0 Å². The van der Waals surface area contributed by atoms with E-state index in [0.29, 0.717) is 11.3 Å². The van der Waals surface area contributed by atoms with E-state index >= 15 is 0 Å². The Bertz CT molecular complexity index is 1180. The molecule has 1 unspecified atom stereocenters. The Balaban J connectivity index is 1.80. The minimum Gasteiger partial charge on any atom is -0.406 e. The van der Waals surface area contributed by atoms with Crippen LogP contribution in [0.15, 0.2) is 66.9 Å². The van der Waals surface area contributed by atoms with E-state index in [1.54, 1.807) is 24.3 Å². The van der Waals surface area contributed by atoms with Crippen LogP contribution in [0.5, 0.6) is 5.75 Å². The van der Waals surface area contributed by atoms with Gasteiger partial charge in [0.05, 0.1) is 17.8 Å². The highest BCUT2D eigenvalue weighted by Crippen LogP contribution is 2.28. The van der Waals surface area contributed by atoms with E-state index in [9.17, 15) is 22.7 Å². The van der Waals surface area contributed by atoms with Crippen molar-refractivity contribution in [3.05, 3.63) is 78.3 Å². The van der Waals surface area contributed by atoms with E-state index in [0.717, 1.165) is 18.3 Å². The predicted octanol–water partition coefficient (Wildman–Crippen LogP) is 5.11. The summed E-state index contributed by atoms with van der Waals surface area (Å²) in [5, 5.41) is 24.4. The summed E-state index contributed by atoms with van der Waals surface area (Å²) in [7, 11) is 0. The largest absolute Gasteiger partial charge is 0.573 e. The molecule has 164 valence electrons. The number of aliphatic hydroxyl groups is 1. The van der Waals surface area contributed by atoms with Crippen LogP contribution < -0.4 is 15.4 Å². The molecule has 3 aromatic rings. The summed E-state index contributed by atoms with van der Waals surface area (Å²) in [5.41, 5.74) is 0.843. The molecule has 3 rings (SSSR count). The number of nitrogens with one attached hydrogen (secondary N) is 2. The molecule has 0 aliphatic carbocycles. The van der Waals surface area contributed by atoms with Gasteiger partial charge in [0, 0.05) is 17.4 Å². The van der Waals surface area contributed by atoms with Crippen LogP contribution in [0.4, 0.5) is 40.7 Å². The van der Waals surface area contributed by atoms with Crippen molar-refractivity contribution in [2.75, 3.05) is 10.6 Å². The van der Waals surface area contributed by atoms with Gasteiger partial charge in [0.2, 0.25) is 5.95 Å². The van der Waals surface area contributed by atoms with Gasteiger partial charge in [0.1, 0.15) is 11.9 Å². The van der Waals surface area contributed by atoms with E-state index in [4.69, 9.17) is 5.26 Å². The molecule has 0 spiro atoms. The number of hydrogen-bond acceptors (Lipinski definition) is 7. The number of aliphatic hydroxyl groups excluding tert-OH is 1. The number of rotatable bonds is 7. The Labute approximate surface area is 179 Å². The first-order valence-electron chi connectivity index (χ1n) is 8.94. The highest BCUT2D eigenvalue weighted by atomic mass is 19.4. The zero-order valence-corrected chi connectivity index (χ0v) is 16.2. The van der Waals surface area contributed by atoms with Crippen molar-refractivity contribution >= 4 is 23.1 Å². The van der Waals surface area contributed by atoms with Crippen LogP contribution in [0, 0.1) is 17.1 Å². The number of anilines is 4. The van der Waals surface area contributed by atoms with Gasteiger partial charge in [-0.1, -0.05) is 24.8 Å². The third-order valence-electron chi connectivity index (χ3n) is 4.01. The molecule has 0 aliphatic rings. The SMILES string of the molecule is C=C(C#N)C(O)c1cccc(Nc2nc(Nc3cccc(OC(F)(F)F)c3)ncc2F)c1. The highest BCUT2D eigenvalue weighted by molar-refractivity contribution is 5.61. The van der Waals surface area contributed by atoms with Crippen molar-refractivity contribution in [1.29, 1.82) is 5.26 Å². The lowest BCUT2D eigenvalue weighted by molar-refractivity contribution is -0.274. The molecular formula is C21H15F4N5O2. The number of hydrogen-bond donors (Lipinski definition) is 3. The van der Waals surface area contributed by atoms with Crippen LogP contribution in [-0.2, 0) is 0 Å². The molecule has 3 N–H and O–H groups in total. The number of nitriles is 1. The first kappa shape index (κ1) is 22.5. The fraction of sp³-hybridized carbons (Fsp3) is 0.0952. The summed E-state index contributed by atoms with van der Waals surface area (Å²) in [6, 6.07) is 13.0. The van der Waals surface area contributed by atoms with Crippen LogP contribution in [0.2, 0.25) is 0 Å². The molecule has 0 fully saturated rings. The smallest absolute Gasteiger partial charge is 0.406 e. The van der Waals surface area contributed by atoms with Gasteiger partial charge in [0.25, 0.3) is 0 Å². The van der Waals surface area contributed by atoms with Crippen LogP contribution in [0.3, 0.4) is 0 Å². The molecule has 1 aromatic heterocycles. The quantitative estimate of drug-likeness (QED) is 0.343. The minimum atomic E-state index is -4.84. The van der Waals surface area contributed by atoms with Gasteiger partial charge in [-0.25, -0.2) is 9.37 Å². The molecule has 2 aromatic carbocycles. The first-order valence-corrected chi connectivity index (χ1v) is 8.94. The fourth-order valence-corrected chi connectivity index (χ4v) is 2.60. The minimum absolute atomic E-state index is 0.0569. The molecule has 0 bridgehead atoms. The Kier molecular flexibility index (Phi) is 6.56. The summed E-state index contributed by atoms with van der Waals surface area (Å²) in [4.78, 5) is 7.76. The number of ether oxygens (including phenoxy) is 1. The average Bonchev–Trinajstić information content (AvgIpc) is 2.74. The van der Waals surface area contributed by atoms with Crippen molar-refractivity contribution in [3.63, 3.8) is 0 Å². The molecule has 0 saturated heterocycles. The van der Waals surface area contributed by atoms with Crippen molar-refractivity contribution in [2.45, 2.75) is 12.5 Å². The van der Waals surface area contributed by atoms with Crippen LogP contribution in [-0.4, -0.2) is 21.4 Å². The van der Waals surface area contributed by atoms with Gasteiger partial charge in [-0.2, -0.15) is 10.2 Å². The second kappa shape index (κ2) is 9.32. The molecule has 32 heavy (non-hydrogen) atoms. The molecule has 11 heteroatoms. The van der Waals surface area contributed by atoms with Crippen LogP contribution in [0.1, 0.15) is 11.7 Å². The second-order valence-corrected chi connectivity index (χ2v) is 6.38. The van der Waals surface area contributed by atoms with Gasteiger partial charge in [0.15, 0.2) is 11.6 Å². The Morgan fingerprint density at radius 3 is 2.50 bits per heavy atom. The lowest BCUT2D eigenvalue weighted by Crippen LogP contribution is -2.17. The number of benzene rings is 2. The van der Waals surface area contributed by atoms with Crippen molar-refractivity contribution in [2.24, 2.45) is 0 Å². The molecule has 0 saturated carbocycles. The Morgan fingerprint density at radius 2 is 1.81 bits per heavy atom.